The molecule has 1 aliphatic carbocycles. The molecular formula is C10H19FN2. The largest absolute Gasteiger partial charge is 0.317 e. The first-order valence-electron chi connectivity index (χ1n) is 5.29. The van der Waals surface area contributed by atoms with E-state index >= 15 is 0 Å². The van der Waals surface area contributed by atoms with Crippen LogP contribution < -0.4 is 5.32 Å². The second-order valence-electron chi connectivity index (χ2n) is 4.55. The molecular weight excluding hydrogens is 167 g/mol. The zero-order valence-corrected chi connectivity index (χ0v) is 8.35. The molecule has 0 amide bonds. The molecule has 1 saturated heterocycles. The fourth-order valence-corrected chi connectivity index (χ4v) is 2.12. The van der Waals surface area contributed by atoms with Gasteiger partial charge in [-0.3, -0.25) is 0 Å². The number of hydrogen-bond donors (Lipinski definition) is 1. The maximum atomic E-state index is 13.4. The Morgan fingerprint density at radius 2 is 2.00 bits per heavy atom. The zero-order valence-electron chi connectivity index (χ0n) is 8.35. The van der Waals surface area contributed by atoms with Crippen LogP contribution in [0.4, 0.5) is 4.39 Å². The van der Waals surface area contributed by atoms with Crippen molar-refractivity contribution in [3.63, 3.8) is 0 Å². The highest BCUT2D eigenvalue weighted by molar-refractivity contribution is 4.97. The Morgan fingerprint density at radius 3 is 2.54 bits per heavy atom. The van der Waals surface area contributed by atoms with Crippen molar-refractivity contribution in [2.75, 3.05) is 26.7 Å². The van der Waals surface area contributed by atoms with Gasteiger partial charge >= 0.3 is 0 Å². The molecule has 0 bridgehead atoms. The highest BCUT2D eigenvalue weighted by Crippen LogP contribution is 2.40. The van der Waals surface area contributed by atoms with Gasteiger partial charge in [0.05, 0.1) is 0 Å². The summed E-state index contributed by atoms with van der Waals surface area (Å²) in [6, 6.07) is 0.606. The molecule has 1 heterocycles. The van der Waals surface area contributed by atoms with Crippen LogP contribution in [0.3, 0.4) is 0 Å². The summed E-state index contributed by atoms with van der Waals surface area (Å²) < 4.78 is 13.4. The molecule has 0 aromatic heterocycles. The lowest BCUT2D eigenvalue weighted by Gasteiger charge is -2.32. The first-order valence-corrected chi connectivity index (χ1v) is 5.29. The molecule has 3 heteroatoms. The summed E-state index contributed by atoms with van der Waals surface area (Å²) in [4.78, 5) is 2.22. The third-order valence-corrected chi connectivity index (χ3v) is 3.26. The fourth-order valence-electron chi connectivity index (χ4n) is 2.12. The normalized spacial score (nSPS) is 27.9. The predicted octanol–water partition coefficient (Wildman–Crippen LogP) is 1.17. The standard InChI is InChI=1S/C10H19FN2/c1-13(8-10(11)4-5-10)9-2-6-12-7-3-9/h9,12H,2-8H2,1H3. The molecule has 13 heavy (non-hydrogen) atoms. The number of hydrogen-bond acceptors (Lipinski definition) is 2. The van der Waals surface area contributed by atoms with Crippen molar-refractivity contribution in [2.45, 2.75) is 37.4 Å². The second-order valence-corrected chi connectivity index (χ2v) is 4.55. The van der Waals surface area contributed by atoms with E-state index in [1.807, 2.05) is 0 Å². The molecule has 2 fully saturated rings. The van der Waals surface area contributed by atoms with Crippen molar-refractivity contribution in [1.82, 2.24) is 10.2 Å². The van der Waals surface area contributed by atoms with E-state index in [1.165, 1.54) is 12.8 Å². The van der Waals surface area contributed by atoms with Gasteiger partial charge in [-0.2, -0.15) is 0 Å². The summed E-state index contributed by atoms with van der Waals surface area (Å²) in [6.07, 6.45) is 3.91. The van der Waals surface area contributed by atoms with E-state index in [0.29, 0.717) is 12.6 Å². The summed E-state index contributed by atoms with van der Waals surface area (Å²) in [7, 11) is 2.07. The van der Waals surface area contributed by atoms with Crippen LogP contribution in [0.25, 0.3) is 0 Å². The Hall–Kier alpha value is -0.150. The number of piperidine rings is 1. The van der Waals surface area contributed by atoms with Crippen molar-refractivity contribution in [3.8, 4) is 0 Å². The Kier molecular flexibility index (Phi) is 2.56. The Morgan fingerprint density at radius 1 is 1.38 bits per heavy atom. The molecule has 0 radical (unpaired) electrons. The average molecular weight is 186 g/mol. The maximum absolute atomic E-state index is 13.4. The van der Waals surface area contributed by atoms with Crippen LogP contribution in [0.2, 0.25) is 0 Å². The quantitative estimate of drug-likeness (QED) is 0.712. The lowest BCUT2D eigenvalue weighted by Crippen LogP contribution is -2.43. The number of rotatable bonds is 3. The molecule has 76 valence electrons. The number of alkyl halides is 1. The van der Waals surface area contributed by atoms with Crippen LogP contribution in [-0.4, -0.2) is 43.3 Å². The van der Waals surface area contributed by atoms with E-state index in [1.54, 1.807) is 0 Å². The maximum Gasteiger partial charge on any atom is 0.123 e. The van der Waals surface area contributed by atoms with Crippen molar-refractivity contribution in [3.05, 3.63) is 0 Å². The van der Waals surface area contributed by atoms with E-state index in [0.717, 1.165) is 25.9 Å². The van der Waals surface area contributed by atoms with Crippen LogP contribution in [0, 0.1) is 0 Å². The average Bonchev–Trinajstić information content (AvgIpc) is 2.85. The van der Waals surface area contributed by atoms with Gasteiger partial charge in [-0.1, -0.05) is 0 Å². The minimum atomic E-state index is -0.820. The van der Waals surface area contributed by atoms with E-state index in [4.69, 9.17) is 0 Å². The van der Waals surface area contributed by atoms with Crippen LogP contribution >= 0.6 is 0 Å². The van der Waals surface area contributed by atoms with E-state index in [-0.39, 0.29) is 0 Å². The third kappa shape index (κ3) is 2.41. The van der Waals surface area contributed by atoms with Crippen LogP contribution in [0.1, 0.15) is 25.7 Å². The van der Waals surface area contributed by atoms with Gasteiger partial charge in [0.2, 0.25) is 0 Å². The van der Waals surface area contributed by atoms with E-state index in [2.05, 4.69) is 17.3 Å². The summed E-state index contributed by atoms with van der Waals surface area (Å²) in [5.41, 5.74) is -0.820. The minimum Gasteiger partial charge on any atom is -0.317 e. The lowest BCUT2D eigenvalue weighted by atomic mass is 10.1. The highest BCUT2D eigenvalue weighted by Gasteiger charge is 2.44. The molecule has 1 aliphatic heterocycles. The number of nitrogens with one attached hydrogen (secondary N) is 1. The van der Waals surface area contributed by atoms with Gasteiger partial charge in [-0.25, -0.2) is 4.39 Å². The van der Waals surface area contributed by atoms with E-state index in [9.17, 15) is 4.39 Å². The van der Waals surface area contributed by atoms with Crippen molar-refractivity contribution in [2.24, 2.45) is 0 Å². The van der Waals surface area contributed by atoms with Gasteiger partial charge < -0.3 is 10.2 Å². The highest BCUT2D eigenvalue weighted by atomic mass is 19.1. The molecule has 1 N–H and O–H groups in total. The molecule has 1 saturated carbocycles. The summed E-state index contributed by atoms with van der Waals surface area (Å²) in [5.74, 6) is 0. The Labute approximate surface area is 79.5 Å². The summed E-state index contributed by atoms with van der Waals surface area (Å²) in [5, 5.41) is 3.33. The van der Waals surface area contributed by atoms with Crippen LogP contribution in [0.15, 0.2) is 0 Å². The first-order chi connectivity index (χ1) is 6.20. The van der Waals surface area contributed by atoms with Crippen LogP contribution in [-0.2, 0) is 0 Å². The van der Waals surface area contributed by atoms with Gasteiger partial charge in [0.1, 0.15) is 5.67 Å². The van der Waals surface area contributed by atoms with E-state index < -0.39 is 5.67 Å². The lowest BCUT2D eigenvalue weighted by molar-refractivity contribution is 0.138. The van der Waals surface area contributed by atoms with Gasteiger partial charge in [-0.05, 0) is 45.8 Å². The first kappa shape index (κ1) is 9.41. The molecule has 0 aromatic carbocycles. The summed E-state index contributed by atoms with van der Waals surface area (Å²) in [6.45, 7) is 2.83. The second kappa shape index (κ2) is 3.54. The van der Waals surface area contributed by atoms with Crippen molar-refractivity contribution in [1.29, 1.82) is 0 Å². The zero-order chi connectivity index (χ0) is 9.31. The van der Waals surface area contributed by atoms with Gasteiger partial charge in [0.25, 0.3) is 0 Å². The predicted molar refractivity (Wildman–Crippen MR) is 51.6 cm³/mol. The molecule has 2 nitrogen and oxygen atoms in total. The van der Waals surface area contributed by atoms with Gasteiger partial charge in [0.15, 0.2) is 0 Å². The number of halogens is 1. The van der Waals surface area contributed by atoms with Crippen LogP contribution in [0.5, 0.6) is 0 Å². The molecule has 2 rings (SSSR count). The number of nitrogens with zero attached hydrogens (tertiary/aromatic N) is 1. The summed E-state index contributed by atoms with van der Waals surface area (Å²) >= 11 is 0. The Balaban J connectivity index is 1.77. The van der Waals surface area contributed by atoms with Crippen molar-refractivity contribution < 1.29 is 4.39 Å². The third-order valence-electron chi connectivity index (χ3n) is 3.26. The smallest absolute Gasteiger partial charge is 0.123 e. The minimum absolute atomic E-state index is 0.606. The molecule has 2 aliphatic rings. The molecule has 0 spiro atoms. The topological polar surface area (TPSA) is 15.3 Å². The molecule has 0 unspecified atom stereocenters. The fraction of sp³-hybridized carbons (Fsp3) is 1.00. The SMILES string of the molecule is CN(CC1(F)CC1)C1CCNCC1. The molecule has 0 aromatic rings. The molecule has 0 atom stereocenters. The van der Waals surface area contributed by atoms with Gasteiger partial charge in [-0.15, -0.1) is 0 Å². The van der Waals surface area contributed by atoms with Gasteiger partial charge in [0, 0.05) is 12.6 Å². The monoisotopic (exact) mass is 186 g/mol. The van der Waals surface area contributed by atoms with Crippen molar-refractivity contribution >= 4 is 0 Å². The Bertz CT molecular complexity index is 174.